The van der Waals surface area contributed by atoms with Crippen molar-refractivity contribution in [1.82, 2.24) is 9.97 Å². The minimum Gasteiger partial charge on any atom is -0.477 e. The standard InChI is InChI=1S/C12H13N3O3/c1-2-9-6-15-11(18-9)7-14-8-3-4-13-10(5-8)12(16)17/h3-6H,2,7H2,1H3,(H,13,14)(H,16,17). The fourth-order valence-electron chi connectivity index (χ4n) is 1.43. The molecule has 0 unspecified atom stereocenters. The lowest BCUT2D eigenvalue weighted by atomic mass is 10.3. The highest BCUT2D eigenvalue weighted by Gasteiger charge is 2.06. The van der Waals surface area contributed by atoms with E-state index in [-0.39, 0.29) is 5.69 Å². The summed E-state index contributed by atoms with van der Waals surface area (Å²) in [5, 5.41) is 11.8. The summed E-state index contributed by atoms with van der Waals surface area (Å²) in [5.74, 6) is 0.344. The van der Waals surface area contributed by atoms with E-state index in [4.69, 9.17) is 9.52 Å². The van der Waals surface area contributed by atoms with Crippen LogP contribution in [0.2, 0.25) is 0 Å². The number of aryl methyl sites for hydroxylation is 1. The number of carboxylic acids is 1. The first-order valence-corrected chi connectivity index (χ1v) is 5.56. The third kappa shape index (κ3) is 2.85. The Morgan fingerprint density at radius 3 is 3.00 bits per heavy atom. The van der Waals surface area contributed by atoms with Gasteiger partial charge in [0.1, 0.15) is 11.5 Å². The maximum atomic E-state index is 10.7. The number of hydrogen-bond acceptors (Lipinski definition) is 5. The van der Waals surface area contributed by atoms with Crippen molar-refractivity contribution in [2.75, 3.05) is 5.32 Å². The SMILES string of the molecule is CCc1cnc(CNc2ccnc(C(=O)O)c2)o1. The number of carboxylic acid groups (broad SMARTS) is 1. The van der Waals surface area contributed by atoms with E-state index in [9.17, 15) is 4.79 Å². The Balaban J connectivity index is 2.01. The second kappa shape index (κ2) is 5.31. The lowest BCUT2D eigenvalue weighted by molar-refractivity contribution is 0.0690. The molecule has 0 aliphatic rings. The highest BCUT2D eigenvalue weighted by Crippen LogP contribution is 2.11. The van der Waals surface area contributed by atoms with Gasteiger partial charge in [0.15, 0.2) is 0 Å². The number of aromatic nitrogens is 2. The van der Waals surface area contributed by atoms with E-state index < -0.39 is 5.97 Å². The fourth-order valence-corrected chi connectivity index (χ4v) is 1.43. The molecule has 2 N–H and O–H groups in total. The third-order valence-electron chi connectivity index (χ3n) is 2.37. The van der Waals surface area contributed by atoms with Crippen molar-refractivity contribution in [2.24, 2.45) is 0 Å². The van der Waals surface area contributed by atoms with Gasteiger partial charge < -0.3 is 14.8 Å². The molecule has 0 fully saturated rings. The number of carbonyl (C=O) groups is 1. The molecule has 0 saturated carbocycles. The summed E-state index contributed by atoms with van der Waals surface area (Å²) < 4.78 is 5.43. The van der Waals surface area contributed by atoms with Crippen molar-refractivity contribution in [2.45, 2.75) is 19.9 Å². The second-order valence-corrected chi connectivity index (χ2v) is 3.66. The minimum absolute atomic E-state index is 0.00153. The molecule has 0 amide bonds. The monoisotopic (exact) mass is 247 g/mol. The summed E-state index contributed by atoms with van der Waals surface area (Å²) in [6.07, 6.45) is 3.93. The molecule has 0 saturated heterocycles. The van der Waals surface area contributed by atoms with Gasteiger partial charge in [-0.2, -0.15) is 0 Å². The van der Waals surface area contributed by atoms with Crippen molar-refractivity contribution < 1.29 is 14.3 Å². The van der Waals surface area contributed by atoms with Gasteiger partial charge in [-0.3, -0.25) is 0 Å². The molecule has 0 aromatic carbocycles. The summed E-state index contributed by atoms with van der Waals surface area (Å²) in [4.78, 5) is 18.6. The molecule has 2 aromatic rings. The van der Waals surface area contributed by atoms with Crippen molar-refractivity contribution >= 4 is 11.7 Å². The molecular weight excluding hydrogens is 234 g/mol. The van der Waals surface area contributed by atoms with Gasteiger partial charge in [0.25, 0.3) is 0 Å². The van der Waals surface area contributed by atoms with Crippen LogP contribution in [-0.4, -0.2) is 21.0 Å². The molecule has 2 aromatic heterocycles. The predicted octanol–water partition coefficient (Wildman–Crippen LogP) is 1.94. The zero-order chi connectivity index (χ0) is 13.0. The second-order valence-electron chi connectivity index (χ2n) is 3.66. The smallest absolute Gasteiger partial charge is 0.354 e. The van der Waals surface area contributed by atoms with Gasteiger partial charge in [-0.05, 0) is 12.1 Å². The number of anilines is 1. The molecular formula is C12H13N3O3. The van der Waals surface area contributed by atoms with E-state index in [2.05, 4.69) is 15.3 Å². The first-order chi connectivity index (χ1) is 8.69. The molecule has 0 atom stereocenters. The largest absolute Gasteiger partial charge is 0.477 e. The Hall–Kier alpha value is -2.37. The number of nitrogens with one attached hydrogen (secondary N) is 1. The van der Waals surface area contributed by atoms with Gasteiger partial charge in [-0.1, -0.05) is 6.92 Å². The predicted molar refractivity (Wildman–Crippen MR) is 64.4 cm³/mol. The van der Waals surface area contributed by atoms with E-state index in [1.165, 1.54) is 12.3 Å². The summed E-state index contributed by atoms with van der Waals surface area (Å²) in [6.45, 7) is 2.39. The van der Waals surface area contributed by atoms with Gasteiger partial charge in [0, 0.05) is 18.3 Å². The molecule has 0 aliphatic carbocycles. The summed E-state index contributed by atoms with van der Waals surface area (Å²) in [5.41, 5.74) is 0.667. The molecule has 0 spiro atoms. The van der Waals surface area contributed by atoms with E-state index >= 15 is 0 Å². The van der Waals surface area contributed by atoms with E-state index in [0.29, 0.717) is 18.1 Å². The Kier molecular flexibility index (Phi) is 3.57. The van der Waals surface area contributed by atoms with Crippen LogP contribution in [0, 0.1) is 0 Å². The summed E-state index contributed by atoms with van der Waals surface area (Å²) in [6, 6.07) is 3.15. The molecule has 0 bridgehead atoms. The maximum absolute atomic E-state index is 10.7. The minimum atomic E-state index is -1.05. The van der Waals surface area contributed by atoms with E-state index in [1.54, 1.807) is 12.3 Å². The highest BCUT2D eigenvalue weighted by molar-refractivity contribution is 5.86. The average molecular weight is 247 g/mol. The van der Waals surface area contributed by atoms with Gasteiger partial charge >= 0.3 is 5.97 Å². The van der Waals surface area contributed by atoms with Crippen LogP contribution in [-0.2, 0) is 13.0 Å². The Bertz CT molecular complexity index is 551. The normalized spacial score (nSPS) is 10.3. The lowest BCUT2D eigenvalue weighted by Crippen LogP contribution is -2.04. The number of aromatic carboxylic acids is 1. The maximum Gasteiger partial charge on any atom is 0.354 e. The first-order valence-electron chi connectivity index (χ1n) is 5.56. The molecule has 18 heavy (non-hydrogen) atoms. The molecule has 2 heterocycles. The summed E-state index contributed by atoms with van der Waals surface area (Å²) in [7, 11) is 0. The van der Waals surface area contributed by atoms with Crippen molar-refractivity contribution in [3.05, 3.63) is 41.9 Å². The van der Waals surface area contributed by atoms with Crippen LogP contribution >= 0.6 is 0 Å². The average Bonchev–Trinajstić information content (AvgIpc) is 2.84. The topological polar surface area (TPSA) is 88.2 Å². The Morgan fingerprint density at radius 2 is 2.33 bits per heavy atom. The van der Waals surface area contributed by atoms with Crippen LogP contribution in [0.5, 0.6) is 0 Å². The zero-order valence-electron chi connectivity index (χ0n) is 9.88. The number of pyridine rings is 1. The van der Waals surface area contributed by atoms with Crippen LogP contribution in [0.25, 0.3) is 0 Å². The van der Waals surface area contributed by atoms with Crippen LogP contribution in [0.3, 0.4) is 0 Å². The Labute approximate surface area is 104 Å². The van der Waals surface area contributed by atoms with Crippen molar-refractivity contribution in [1.29, 1.82) is 0 Å². The molecule has 6 nitrogen and oxygen atoms in total. The first kappa shape index (κ1) is 12.1. The van der Waals surface area contributed by atoms with Gasteiger partial charge in [-0.25, -0.2) is 14.8 Å². The van der Waals surface area contributed by atoms with E-state index in [0.717, 1.165) is 12.2 Å². The molecule has 94 valence electrons. The Morgan fingerprint density at radius 1 is 1.50 bits per heavy atom. The van der Waals surface area contributed by atoms with Crippen LogP contribution in [0.15, 0.2) is 28.9 Å². The third-order valence-corrected chi connectivity index (χ3v) is 2.37. The number of hydrogen-bond donors (Lipinski definition) is 2. The van der Waals surface area contributed by atoms with Crippen LogP contribution in [0.1, 0.15) is 29.1 Å². The highest BCUT2D eigenvalue weighted by atomic mass is 16.4. The number of nitrogens with zero attached hydrogens (tertiary/aromatic N) is 2. The van der Waals surface area contributed by atoms with Crippen LogP contribution in [0.4, 0.5) is 5.69 Å². The molecule has 0 radical (unpaired) electrons. The van der Waals surface area contributed by atoms with E-state index in [1.807, 2.05) is 6.92 Å². The quantitative estimate of drug-likeness (QED) is 0.839. The molecule has 0 aliphatic heterocycles. The zero-order valence-corrected chi connectivity index (χ0v) is 9.88. The molecule has 2 rings (SSSR count). The fraction of sp³-hybridized carbons (Fsp3) is 0.250. The van der Waals surface area contributed by atoms with Crippen molar-refractivity contribution in [3.8, 4) is 0 Å². The number of oxazole rings is 1. The lowest BCUT2D eigenvalue weighted by Gasteiger charge is -2.03. The van der Waals surface area contributed by atoms with Crippen molar-refractivity contribution in [3.63, 3.8) is 0 Å². The van der Waals surface area contributed by atoms with Gasteiger partial charge in [0.05, 0.1) is 12.7 Å². The van der Waals surface area contributed by atoms with Gasteiger partial charge in [-0.15, -0.1) is 0 Å². The van der Waals surface area contributed by atoms with Gasteiger partial charge in [0.2, 0.25) is 5.89 Å². The summed E-state index contributed by atoms with van der Waals surface area (Å²) >= 11 is 0. The number of rotatable bonds is 5. The molecule has 6 heteroatoms. The van der Waals surface area contributed by atoms with Crippen LogP contribution < -0.4 is 5.32 Å².